The molecule has 4 nitrogen and oxygen atoms in total. The fourth-order valence-electron chi connectivity index (χ4n) is 1.75. The van der Waals surface area contributed by atoms with Gasteiger partial charge in [-0.25, -0.2) is 0 Å². The summed E-state index contributed by atoms with van der Waals surface area (Å²) < 4.78 is 5.48. The number of carbonyl (C=O) groups excluding carboxylic acids is 1. The van der Waals surface area contributed by atoms with Gasteiger partial charge < -0.3 is 14.7 Å². The first-order chi connectivity index (χ1) is 8.63. The first-order valence-corrected chi connectivity index (χ1v) is 6.27. The van der Waals surface area contributed by atoms with Gasteiger partial charge in [-0.2, -0.15) is 0 Å². The highest BCUT2D eigenvalue weighted by Crippen LogP contribution is 2.20. The van der Waals surface area contributed by atoms with Crippen LogP contribution in [-0.2, 0) is 0 Å². The van der Waals surface area contributed by atoms with Crippen molar-refractivity contribution in [2.24, 2.45) is 0 Å². The Morgan fingerprint density at radius 3 is 2.67 bits per heavy atom. The third kappa shape index (κ3) is 3.47. The van der Waals surface area contributed by atoms with E-state index < -0.39 is 0 Å². The van der Waals surface area contributed by atoms with Crippen molar-refractivity contribution in [1.82, 2.24) is 4.90 Å². The SMILES string of the molecule is CCOc1cc(C(=O)N(CC)CCO)ccc1C. The second kappa shape index (κ2) is 7.01. The summed E-state index contributed by atoms with van der Waals surface area (Å²) in [5.74, 6) is 0.663. The standard InChI is InChI=1S/C14H21NO3/c1-4-15(8-9-16)14(17)12-7-6-11(3)13(10-12)18-5-2/h6-7,10,16H,4-5,8-9H2,1-3H3. The Kier molecular flexibility index (Phi) is 5.65. The first kappa shape index (κ1) is 14.5. The molecule has 4 heteroatoms. The van der Waals surface area contributed by atoms with Crippen molar-refractivity contribution in [2.45, 2.75) is 20.8 Å². The maximum atomic E-state index is 12.2. The van der Waals surface area contributed by atoms with Gasteiger partial charge in [-0.15, -0.1) is 0 Å². The maximum absolute atomic E-state index is 12.2. The predicted octanol–water partition coefficient (Wildman–Crippen LogP) is 1.85. The molecule has 0 fully saturated rings. The Bertz CT molecular complexity index is 404. The third-order valence-corrected chi connectivity index (χ3v) is 2.77. The molecule has 0 saturated carbocycles. The van der Waals surface area contributed by atoms with Crippen molar-refractivity contribution in [3.05, 3.63) is 29.3 Å². The van der Waals surface area contributed by atoms with E-state index in [1.54, 1.807) is 17.0 Å². The van der Waals surface area contributed by atoms with Gasteiger partial charge in [0.05, 0.1) is 13.2 Å². The molecule has 1 rings (SSSR count). The van der Waals surface area contributed by atoms with Crippen LogP contribution in [0, 0.1) is 6.92 Å². The van der Waals surface area contributed by atoms with Crippen molar-refractivity contribution in [3.8, 4) is 5.75 Å². The van der Waals surface area contributed by atoms with Gasteiger partial charge in [-0.1, -0.05) is 6.07 Å². The maximum Gasteiger partial charge on any atom is 0.254 e. The number of rotatable bonds is 6. The number of hydrogen-bond donors (Lipinski definition) is 1. The molecule has 0 bridgehead atoms. The Balaban J connectivity index is 2.94. The van der Waals surface area contributed by atoms with Crippen molar-refractivity contribution in [1.29, 1.82) is 0 Å². The molecule has 0 spiro atoms. The lowest BCUT2D eigenvalue weighted by Gasteiger charge is -2.20. The van der Waals surface area contributed by atoms with Crippen LogP contribution in [0.3, 0.4) is 0 Å². The highest BCUT2D eigenvalue weighted by molar-refractivity contribution is 5.94. The summed E-state index contributed by atoms with van der Waals surface area (Å²) in [6.45, 7) is 7.24. The van der Waals surface area contributed by atoms with Crippen LogP contribution in [-0.4, -0.2) is 42.2 Å². The van der Waals surface area contributed by atoms with Gasteiger partial charge in [0.2, 0.25) is 0 Å². The van der Waals surface area contributed by atoms with Gasteiger partial charge >= 0.3 is 0 Å². The zero-order valence-corrected chi connectivity index (χ0v) is 11.3. The molecule has 0 aliphatic rings. The summed E-state index contributed by atoms with van der Waals surface area (Å²) in [6.07, 6.45) is 0. The number of hydrogen-bond acceptors (Lipinski definition) is 3. The molecule has 1 N–H and O–H groups in total. The topological polar surface area (TPSA) is 49.8 Å². The summed E-state index contributed by atoms with van der Waals surface area (Å²) in [5, 5.41) is 8.93. The number of aliphatic hydroxyl groups is 1. The van der Waals surface area contributed by atoms with Gasteiger partial charge in [0.15, 0.2) is 0 Å². The highest BCUT2D eigenvalue weighted by atomic mass is 16.5. The molecular formula is C14H21NO3. The average molecular weight is 251 g/mol. The molecule has 0 aromatic heterocycles. The molecule has 0 heterocycles. The summed E-state index contributed by atoms with van der Waals surface area (Å²) >= 11 is 0. The summed E-state index contributed by atoms with van der Waals surface area (Å²) in [6, 6.07) is 5.44. The van der Waals surface area contributed by atoms with Gasteiger partial charge in [-0.3, -0.25) is 4.79 Å². The Labute approximate surface area is 108 Å². The molecule has 0 unspecified atom stereocenters. The minimum atomic E-state index is -0.0764. The van der Waals surface area contributed by atoms with E-state index in [9.17, 15) is 4.79 Å². The number of benzene rings is 1. The summed E-state index contributed by atoms with van der Waals surface area (Å²) in [4.78, 5) is 13.8. The monoisotopic (exact) mass is 251 g/mol. The van der Waals surface area contributed by atoms with E-state index in [0.29, 0.717) is 25.3 Å². The summed E-state index contributed by atoms with van der Waals surface area (Å²) in [7, 11) is 0. The number of amides is 1. The van der Waals surface area contributed by atoms with Crippen LogP contribution in [0.2, 0.25) is 0 Å². The number of aryl methyl sites for hydroxylation is 1. The largest absolute Gasteiger partial charge is 0.494 e. The number of nitrogens with zero attached hydrogens (tertiary/aromatic N) is 1. The van der Waals surface area contributed by atoms with E-state index >= 15 is 0 Å². The number of likely N-dealkylation sites (N-methyl/N-ethyl adjacent to an activating group) is 1. The number of aliphatic hydroxyl groups excluding tert-OH is 1. The van der Waals surface area contributed by atoms with Crippen molar-refractivity contribution in [3.63, 3.8) is 0 Å². The van der Waals surface area contributed by atoms with E-state index in [1.165, 1.54) is 0 Å². The van der Waals surface area contributed by atoms with Crippen LogP contribution in [0.25, 0.3) is 0 Å². The lowest BCUT2D eigenvalue weighted by molar-refractivity contribution is 0.0731. The Morgan fingerprint density at radius 1 is 1.39 bits per heavy atom. The number of carbonyl (C=O) groups is 1. The van der Waals surface area contributed by atoms with Gasteiger partial charge in [-0.05, 0) is 38.5 Å². The second-order valence-electron chi connectivity index (χ2n) is 4.02. The third-order valence-electron chi connectivity index (χ3n) is 2.77. The van der Waals surface area contributed by atoms with E-state index in [2.05, 4.69) is 0 Å². The minimum Gasteiger partial charge on any atom is -0.494 e. The molecule has 0 aliphatic carbocycles. The Morgan fingerprint density at radius 2 is 2.11 bits per heavy atom. The lowest BCUT2D eigenvalue weighted by Crippen LogP contribution is -2.33. The molecule has 1 aromatic carbocycles. The zero-order valence-electron chi connectivity index (χ0n) is 11.3. The van der Waals surface area contributed by atoms with Crippen LogP contribution in [0.5, 0.6) is 5.75 Å². The predicted molar refractivity (Wildman–Crippen MR) is 71.0 cm³/mol. The minimum absolute atomic E-state index is 0.0240. The van der Waals surface area contributed by atoms with Crippen molar-refractivity contribution < 1.29 is 14.6 Å². The lowest BCUT2D eigenvalue weighted by atomic mass is 10.1. The van der Waals surface area contributed by atoms with Gasteiger partial charge in [0.25, 0.3) is 5.91 Å². The first-order valence-electron chi connectivity index (χ1n) is 6.27. The van der Waals surface area contributed by atoms with E-state index in [4.69, 9.17) is 9.84 Å². The molecule has 1 aromatic rings. The molecule has 0 atom stereocenters. The van der Waals surface area contributed by atoms with E-state index in [-0.39, 0.29) is 12.5 Å². The molecule has 18 heavy (non-hydrogen) atoms. The van der Waals surface area contributed by atoms with Crippen LogP contribution < -0.4 is 4.74 Å². The molecule has 0 saturated heterocycles. The van der Waals surface area contributed by atoms with E-state index in [1.807, 2.05) is 26.8 Å². The number of ether oxygens (including phenoxy) is 1. The highest BCUT2D eigenvalue weighted by Gasteiger charge is 2.14. The second-order valence-corrected chi connectivity index (χ2v) is 4.02. The van der Waals surface area contributed by atoms with Crippen LogP contribution >= 0.6 is 0 Å². The molecule has 100 valence electrons. The quantitative estimate of drug-likeness (QED) is 0.839. The fraction of sp³-hybridized carbons (Fsp3) is 0.500. The smallest absolute Gasteiger partial charge is 0.254 e. The van der Waals surface area contributed by atoms with Crippen LogP contribution in [0.1, 0.15) is 29.8 Å². The molecule has 0 radical (unpaired) electrons. The summed E-state index contributed by atoms with van der Waals surface area (Å²) in [5.41, 5.74) is 1.61. The average Bonchev–Trinajstić information content (AvgIpc) is 2.38. The normalized spacial score (nSPS) is 10.2. The van der Waals surface area contributed by atoms with Crippen LogP contribution in [0.15, 0.2) is 18.2 Å². The van der Waals surface area contributed by atoms with Crippen molar-refractivity contribution >= 4 is 5.91 Å². The van der Waals surface area contributed by atoms with Crippen LogP contribution in [0.4, 0.5) is 0 Å². The van der Waals surface area contributed by atoms with Gasteiger partial charge in [0, 0.05) is 18.7 Å². The molecule has 1 amide bonds. The van der Waals surface area contributed by atoms with E-state index in [0.717, 1.165) is 11.3 Å². The molecular weight excluding hydrogens is 230 g/mol. The molecule has 0 aliphatic heterocycles. The zero-order chi connectivity index (χ0) is 13.5. The fourth-order valence-corrected chi connectivity index (χ4v) is 1.75. The van der Waals surface area contributed by atoms with Gasteiger partial charge in [0.1, 0.15) is 5.75 Å². The Hall–Kier alpha value is -1.55. The van der Waals surface area contributed by atoms with Crippen molar-refractivity contribution in [2.75, 3.05) is 26.3 Å².